The number of piperidine rings is 1. The molecule has 1 saturated heterocycles. The Kier molecular flexibility index (Phi) is 5.83. The maximum Gasteiger partial charge on any atom is 0.253 e. The predicted octanol–water partition coefficient (Wildman–Crippen LogP) is 3.45. The van der Waals surface area contributed by atoms with Crippen molar-refractivity contribution in [3.8, 4) is 0 Å². The zero-order valence-electron chi connectivity index (χ0n) is 17.3. The van der Waals surface area contributed by atoms with Gasteiger partial charge in [-0.1, -0.05) is 19.0 Å². The molecule has 0 spiro atoms. The largest absolute Gasteiger partial charge is 0.344 e. The number of nitrogens with zero attached hydrogens (tertiary/aromatic N) is 3. The van der Waals surface area contributed by atoms with Gasteiger partial charge in [-0.3, -0.25) is 9.59 Å². The number of likely N-dealkylation sites (tertiary alicyclic amines) is 1. The molecule has 1 saturated carbocycles. The van der Waals surface area contributed by atoms with E-state index in [0.717, 1.165) is 25.1 Å². The Morgan fingerprint density at radius 1 is 1.20 bits per heavy atom. The third-order valence-electron chi connectivity index (χ3n) is 5.80. The molecule has 2 fully saturated rings. The number of hydrogen-bond acceptors (Lipinski definition) is 5. The van der Waals surface area contributed by atoms with Crippen molar-refractivity contribution in [3.63, 3.8) is 0 Å². The molecule has 160 valence electrons. The molecule has 1 N–H and O–H groups in total. The highest BCUT2D eigenvalue weighted by atomic mass is 19.1. The highest BCUT2D eigenvalue weighted by Gasteiger charge is 2.34. The van der Waals surface area contributed by atoms with Gasteiger partial charge in [-0.2, -0.15) is 4.98 Å². The van der Waals surface area contributed by atoms with E-state index in [1.165, 1.54) is 24.3 Å². The van der Waals surface area contributed by atoms with Crippen molar-refractivity contribution in [1.82, 2.24) is 20.4 Å². The van der Waals surface area contributed by atoms with Crippen LogP contribution in [0.25, 0.3) is 0 Å². The van der Waals surface area contributed by atoms with Crippen molar-refractivity contribution in [2.75, 3.05) is 13.1 Å². The van der Waals surface area contributed by atoms with Crippen LogP contribution in [-0.4, -0.2) is 39.9 Å². The first-order chi connectivity index (χ1) is 14.4. The summed E-state index contributed by atoms with van der Waals surface area (Å²) in [5.74, 6) is 0.643. The molecule has 30 heavy (non-hydrogen) atoms. The number of aromatic nitrogens is 2. The van der Waals surface area contributed by atoms with Crippen LogP contribution in [0.15, 0.2) is 28.8 Å². The second-order valence-corrected chi connectivity index (χ2v) is 8.59. The molecule has 8 heteroatoms. The second-order valence-electron chi connectivity index (χ2n) is 8.59. The van der Waals surface area contributed by atoms with Crippen LogP contribution in [0.3, 0.4) is 0 Å². The average molecular weight is 414 g/mol. The molecule has 1 aromatic heterocycles. The smallest absolute Gasteiger partial charge is 0.253 e. The van der Waals surface area contributed by atoms with E-state index < -0.39 is 0 Å². The van der Waals surface area contributed by atoms with Crippen molar-refractivity contribution in [2.24, 2.45) is 11.8 Å². The summed E-state index contributed by atoms with van der Waals surface area (Å²) < 4.78 is 18.6. The summed E-state index contributed by atoms with van der Waals surface area (Å²) >= 11 is 0. The third-order valence-corrected chi connectivity index (χ3v) is 5.80. The van der Waals surface area contributed by atoms with Crippen LogP contribution in [0.2, 0.25) is 0 Å². The first-order valence-electron chi connectivity index (χ1n) is 10.6. The fourth-order valence-corrected chi connectivity index (χ4v) is 3.82. The number of carbonyl (C=O) groups excluding carboxylic acids is 2. The first kappa shape index (κ1) is 20.5. The van der Waals surface area contributed by atoms with Crippen LogP contribution >= 0.6 is 0 Å². The number of amides is 2. The molecule has 0 bridgehead atoms. The van der Waals surface area contributed by atoms with Crippen molar-refractivity contribution in [1.29, 1.82) is 0 Å². The van der Waals surface area contributed by atoms with Crippen molar-refractivity contribution >= 4 is 11.8 Å². The molecular weight excluding hydrogens is 387 g/mol. The van der Waals surface area contributed by atoms with Crippen molar-refractivity contribution < 1.29 is 18.5 Å². The number of rotatable bonds is 6. The van der Waals surface area contributed by atoms with E-state index in [-0.39, 0.29) is 35.5 Å². The zero-order valence-corrected chi connectivity index (χ0v) is 17.3. The van der Waals surface area contributed by atoms with Crippen LogP contribution in [0.4, 0.5) is 4.39 Å². The minimum Gasteiger partial charge on any atom is -0.344 e. The Morgan fingerprint density at radius 2 is 1.93 bits per heavy atom. The number of carbonyl (C=O) groups is 2. The van der Waals surface area contributed by atoms with E-state index in [1.54, 1.807) is 4.90 Å². The molecule has 7 nitrogen and oxygen atoms in total. The lowest BCUT2D eigenvalue weighted by molar-refractivity contribution is -0.127. The Morgan fingerprint density at radius 3 is 2.60 bits per heavy atom. The predicted molar refractivity (Wildman–Crippen MR) is 107 cm³/mol. The summed E-state index contributed by atoms with van der Waals surface area (Å²) in [6.45, 7) is 4.92. The van der Waals surface area contributed by atoms with Gasteiger partial charge in [0.2, 0.25) is 11.8 Å². The number of halogens is 1. The van der Waals surface area contributed by atoms with E-state index in [4.69, 9.17) is 4.52 Å². The molecule has 0 radical (unpaired) electrons. The van der Waals surface area contributed by atoms with Gasteiger partial charge in [0.15, 0.2) is 5.82 Å². The lowest BCUT2D eigenvalue weighted by Crippen LogP contribution is -2.46. The van der Waals surface area contributed by atoms with E-state index in [0.29, 0.717) is 36.9 Å². The summed E-state index contributed by atoms with van der Waals surface area (Å²) in [5, 5.41) is 7.12. The van der Waals surface area contributed by atoms with Crippen LogP contribution in [0, 0.1) is 17.7 Å². The molecule has 2 atom stereocenters. The molecule has 2 amide bonds. The van der Waals surface area contributed by atoms with E-state index in [9.17, 15) is 14.0 Å². The average Bonchev–Trinajstić information content (AvgIpc) is 3.49. The lowest BCUT2D eigenvalue weighted by Gasteiger charge is -2.33. The maximum absolute atomic E-state index is 13.1. The third kappa shape index (κ3) is 4.52. The van der Waals surface area contributed by atoms with Crippen molar-refractivity contribution in [3.05, 3.63) is 47.4 Å². The van der Waals surface area contributed by atoms with Gasteiger partial charge < -0.3 is 14.7 Å². The normalized spacial score (nSPS) is 20.3. The Hall–Kier alpha value is -2.77. The van der Waals surface area contributed by atoms with Gasteiger partial charge in [-0.25, -0.2) is 4.39 Å². The van der Waals surface area contributed by atoms with Gasteiger partial charge in [-0.15, -0.1) is 0 Å². The summed E-state index contributed by atoms with van der Waals surface area (Å²) in [5.41, 5.74) is 0.427. The SMILES string of the molecule is CC(C)C(NC(=O)C1CCCN(C(=O)c2ccc(F)cc2)C1)c1nc(C2CC2)no1. The van der Waals surface area contributed by atoms with Gasteiger partial charge in [0, 0.05) is 24.6 Å². The number of benzene rings is 1. The maximum atomic E-state index is 13.1. The summed E-state index contributed by atoms with van der Waals surface area (Å²) in [6.07, 6.45) is 3.61. The van der Waals surface area contributed by atoms with E-state index in [2.05, 4.69) is 15.5 Å². The lowest BCUT2D eigenvalue weighted by atomic mass is 9.95. The second kappa shape index (κ2) is 8.53. The van der Waals surface area contributed by atoms with Crippen LogP contribution in [0.5, 0.6) is 0 Å². The molecule has 1 aliphatic carbocycles. The van der Waals surface area contributed by atoms with Gasteiger partial charge in [0.1, 0.15) is 11.9 Å². The zero-order chi connectivity index (χ0) is 21.3. The van der Waals surface area contributed by atoms with Crippen molar-refractivity contribution in [2.45, 2.75) is 51.5 Å². The number of nitrogens with one attached hydrogen (secondary N) is 1. The highest BCUT2D eigenvalue weighted by Crippen LogP contribution is 2.38. The molecule has 2 unspecified atom stereocenters. The molecule has 1 aliphatic heterocycles. The molecule has 2 aliphatic rings. The van der Waals surface area contributed by atoms with Gasteiger partial charge >= 0.3 is 0 Å². The number of hydrogen-bond donors (Lipinski definition) is 1. The van der Waals surface area contributed by atoms with Gasteiger partial charge in [0.25, 0.3) is 5.91 Å². The molecule has 2 aromatic rings. The molecule has 4 rings (SSSR count). The minimum atomic E-state index is -0.381. The summed E-state index contributed by atoms with van der Waals surface area (Å²) in [4.78, 5) is 31.9. The van der Waals surface area contributed by atoms with Crippen LogP contribution < -0.4 is 5.32 Å². The fourth-order valence-electron chi connectivity index (χ4n) is 3.82. The van der Waals surface area contributed by atoms with Gasteiger partial charge in [0.05, 0.1) is 5.92 Å². The summed E-state index contributed by atoms with van der Waals surface area (Å²) in [6, 6.07) is 5.14. The molecule has 1 aromatic carbocycles. The van der Waals surface area contributed by atoms with Crippen LogP contribution in [-0.2, 0) is 4.79 Å². The van der Waals surface area contributed by atoms with Crippen LogP contribution in [0.1, 0.15) is 73.6 Å². The Labute approximate surface area is 175 Å². The van der Waals surface area contributed by atoms with Gasteiger partial charge in [-0.05, 0) is 55.9 Å². The topological polar surface area (TPSA) is 88.3 Å². The standard InChI is InChI=1S/C22H27FN4O3/c1-13(2)18(21-25-19(26-30-21)14-5-6-14)24-20(28)16-4-3-11-27(12-16)22(29)15-7-9-17(23)10-8-15/h7-10,13-14,16,18H,3-6,11-12H2,1-2H3,(H,24,28). The van der Waals surface area contributed by atoms with E-state index in [1.807, 2.05) is 13.8 Å². The molecule has 2 heterocycles. The minimum absolute atomic E-state index is 0.0852. The quantitative estimate of drug-likeness (QED) is 0.782. The fraction of sp³-hybridized carbons (Fsp3) is 0.545. The first-order valence-corrected chi connectivity index (χ1v) is 10.6. The molecular formula is C22H27FN4O3. The Bertz CT molecular complexity index is 907. The highest BCUT2D eigenvalue weighted by molar-refractivity contribution is 5.94. The summed E-state index contributed by atoms with van der Waals surface area (Å²) in [7, 11) is 0. The Balaban J connectivity index is 1.41. The van der Waals surface area contributed by atoms with E-state index >= 15 is 0 Å². The monoisotopic (exact) mass is 414 g/mol.